The summed E-state index contributed by atoms with van der Waals surface area (Å²) < 4.78 is 1.27. The third kappa shape index (κ3) is 1.17. The SMILES string of the molecule is O=C([O-])c1ccc2ccccn2c1=O. The maximum absolute atomic E-state index is 11.5. The summed E-state index contributed by atoms with van der Waals surface area (Å²) >= 11 is 0. The molecule has 0 aliphatic rings. The number of rotatable bonds is 1. The highest BCUT2D eigenvalue weighted by atomic mass is 16.4. The number of hydrogen-bond acceptors (Lipinski definition) is 3. The van der Waals surface area contributed by atoms with Crippen molar-refractivity contribution in [2.75, 3.05) is 0 Å². The largest absolute Gasteiger partial charge is 0.545 e. The number of nitrogens with zero attached hydrogens (tertiary/aromatic N) is 1. The maximum Gasteiger partial charge on any atom is 0.264 e. The lowest BCUT2D eigenvalue weighted by molar-refractivity contribution is -0.255. The Labute approximate surface area is 79.0 Å². The predicted octanol–water partition coefficient (Wildman–Crippen LogP) is -0.337. The van der Waals surface area contributed by atoms with E-state index < -0.39 is 11.5 Å². The minimum Gasteiger partial charge on any atom is -0.545 e. The normalized spacial score (nSPS) is 10.3. The van der Waals surface area contributed by atoms with Crippen molar-refractivity contribution in [1.29, 1.82) is 0 Å². The van der Waals surface area contributed by atoms with Gasteiger partial charge in [0, 0.05) is 11.7 Å². The molecule has 0 atom stereocenters. The van der Waals surface area contributed by atoms with Gasteiger partial charge in [0.15, 0.2) is 0 Å². The number of carboxylic acid groups (broad SMARTS) is 1. The van der Waals surface area contributed by atoms with E-state index in [9.17, 15) is 14.7 Å². The molecule has 0 aromatic carbocycles. The van der Waals surface area contributed by atoms with Crippen molar-refractivity contribution in [2.45, 2.75) is 0 Å². The molecule has 2 heterocycles. The third-order valence-electron chi connectivity index (χ3n) is 1.98. The number of fused-ring (bicyclic) bond motifs is 1. The Morgan fingerprint density at radius 2 is 2.00 bits per heavy atom. The van der Waals surface area contributed by atoms with Gasteiger partial charge in [-0.3, -0.25) is 9.20 Å². The molecule has 0 spiro atoms. The quantitative estimate of drug-likeness (QED) is 0.615. The third-order valence-corrected chi connectivity index (χ3v) is 1.98. The van der Waals surface area contributed by atoms with Crippen molar-refractivity contribution in [2.24, 2.45) is 0 Å². The fourth-order valence-electron chi connectivity index (χ4n) is 1.30. The molecular weight excluding hydrogens is 182 g/mol. The summed E-state index contributed by atoms with van der Waals surface area (Å²) in [5, 5.41) is 10.5. The van der Waals surface area contributed by atoms with Gasteiger partial charge >= 0.3 is 0 Å². The Hall–Kier alpha value is -2.10. The summed E-state index contributed by atoms with van der Waals surface area (Å²) in [6, 6.07) is 7.97. The molecule has 4 nitrogen and oxygen atoms in total. The van der Waals surface area contributed by atoms with Gasteiger partial charge in [-0.1, -0.05) is 6.07 Å². The summed E-state index contributed by atoms with van der Waals surface area (Å²) in [7, 11) is 0. The molecule has 0 saturated carbocycles. The topological polar surface area (TPSA) is 61.6 Å². The van der Waals surface area contributed by atoms with Gasteiger partial charge in [-0.05, 0) is 24.3 Å². The molecule has 2 rings (SSSR count). The van der Waals surface area contributed by atoms with Gasteiger partial charge in [0.2, 0.25) is 0 Å². The Kier molecular flexibility index (Phi) is 1.81. The number of aromatic carboxylic acids is 1. The molecule has 0 radical (unpaired) electrons. The molecule has 4 heteroatoms. The molecular formula is C10H6NO3-. The lowest BCUT2D eigenvalue weighted by Crippen LogP contribution is -2.31. The number of carbonyl (C=O) groups excluding carboxylic acids is 1. The molecule has 0 aliphatic carbocycles. The van der Waals surface area contributed by atoms with E-state index in [1.54, 1.807) is 24.3 Å². The molecule has 0 N–H and O–H groups in total. The number of pyridine rings is 2. The number of carbonyl (C=O) groups is 1. The van der Waals surface area contributed by atoms with E-state index in [4.69, 9.17) is 0 Å². The van der Waals surface area contributed by atoms with Gasteiger partial charge in [0.25, 0.3) is 5.56 Å². The van der Waals surface area contributed by atoms with Crippen LogP contribution in [0.4, 0.5) is 0 Å². The predicted molar refractivity (Wildman–Crippen MR) is 48.0 cm³/mol. The summed E-state index contributed by atoms with van der Waals surface area (Å²) in [5.74, 6) is -1.45. The Morgan fingerprint density at radius 3 is 2.71 bits per heavy atom. The minimum atomic E-state index is -1.45. The van der Waals surface area contributed by atoms with Crippen LogP contribution >= 0.6 is 0 Å². The maximum atomic E-state index is 11.5. The summed E-state index contributed by atoms with van der Waals surface area (Å²) in [6.45, 7) is 0. The van der Waals surface area contributed by atoms with Crippen LogP contribution in [0.2, 0.25) is 0 Å². The van der Waals surface area contributed by atoms with E-state index in [1.807, 2.05) is 0 Å². The molecule has 0 saturated heterocycles. The summed E-state index contributed by atoms with van der Waals surface area (Å²) in [6.07, 6.45) is 1.52. The number of hydrogen-bond donors (Lipinski definition) is 0. The van der Waals surface area contributed by atoms with Crippen molar-refractivity contribution >= 4 is 11.5 Å². The highest BCUT2D eigenvalue weighted by Gasteiger charge is 2.02. The average molecular weight is 188 g/mol. The average Bonchev–Trinajstić information content (AvgIpc) is 2.18. The first kappa shape index (κ1) is 8.50. The molecule has 70 valence electrons. The van der Waals surface area contributed by atoms with Crippen LogP contribution in [-0.2, 0) is 0 Å². The van der Waals surface area contributed by atoms with Gasteiger partial charge in [0.1, 0.15) is 0 Å². The minimum absolute atomic E-state index is 0.325. The van der Waals surface area contributed by atoms with Crippen molar-refractivity contribution in [1.82, 2.24) is 4.40 Å². The van der Waals surface area contributed by atoms with E-state index in [1.165, 1.54) is 16.7 Å². The van der Waals surface area contributed by atoms with Crippen LogP contribution in [0.5, 0.6) is 0 Å². The number of aromatic nitrogens is 1. The van der Waals surface area contributed by atoms with Gasteiger partial charge < -0.3 is 9.90 Å². The smallest absolute Gasteiger partial charge is 0.264 e. The molecule has 2 aromatic rings. The van der Waals surface area contributed by atoms with Crippen LogP contribution in [0.3, 0.4) is 0 Å². The molecule has 0 aliphatic heterocycles. The van der Waals surface area contributed by atoms with Gasteiger partial charge in [-0.15, -0.1) is 0 Å². The van der Waals surface area contributed by atoms with Crippen LogP contribution in [0, 0.1) is 0 Å². The standard InChI is InChI=1S/C10H7NO3/c12-9-8(10(13)14)5-4-7-3-1-2-6-11(7)9/h1-6H,(H,13,14)/p-1. The lowest BCUT2D eigenvalue weighted by Gasteiger charge is -2.04. The van der Waals surface area contributed by atoms with Crippen molar-refractivity contribution in [3.63, 3.8) is 0 Å². The second-order valence-electron chi connectivity index (χ2n) is 2.84. The van der Waals surface area contributed by atoms with Gasteiger partial charge in [-0.25, -0.2) is 0 Å². The zero-order valence-corrected chi connectivity index (χ0v) is 7.14. The Bertz CT molecular complexity index is 557. The monoisotopic (exact) mass is 188 g/mol. The highest BCUT2D eigenvalue weighted by molar-refractivity contribution is 5.85. The molecule has 0 unspecified atom stereocenters. The van der Waals surface area contributed by atoms with Gasteiger partial charge in [-0.2, -0.15) is 0 Å². The van der Waals surface area contributed by atoms with Crippen molar-refractivity contribution < 1.29 is 9.90 Å². The van der Waals surface area contributed by atoms with E-state index in [-0.39, 0.29) is 5.56 Å². The molecule has 0 bridgehead atoms. The van der Waals surface area contributed by atoms with Crippen molar-refractivity contribution in [3.8, 4) is 0 Å². The second kappa shape index (κ2) is 2.99. The Morgan fingerprint density at radius 1 is 1.21 bits per heavy atom. The second-order valence-corrected chi connectivity index (χ2v) is 2.84. The zero-order valence-electron chi connectivity index (χ0n) is 7.14. The summed E-state index contributed by atoms with van der Waals surface area (Å²) in [4.78, 5) is 22.1. The van der Waals surface area contributed by atoms with E-state index in [0.29, 0.717) is 5.52 Å². The van der Waals surface area contributed by atoms with Crippen LogP contribution in [-0.4, -0.2) is 10.4 Å². The summed E-state index contributed by atoms with van der Waals surface area (Å²) in [5.41, 5.74) is -0.237. The first-order valence-electron chi connectivity index (χ1n) is 4.02. The number of carboxylic acids is 1. The van der Waals surface area contributed by atoms with E-state index in [0.717, 1.165) is 0 Å². The van der Waals surface area contributed by atoms with Crippen LogP contribution in [0.25, 0.3) is 5.52 Å². The molecule has 0 fully saturated rings. The molecule has 2 aromatic heterocycles. The Balaban J connectivity index is 2.89. The molecule has 0 amide bonds. The van der Waals surface area contributed by atoms with Gasteiger partial charge in [0.05, 0.1) is 11.5 Å². The van der Waals surface area contributed by atoms with Crippen LogP contribution < -0.4 is 10.7 Å². The van der Waals surface area contributed by atoms with Crippen LogP contribution in [0.1, 0.15) is 10.4 Å². The van der Waals surface area contributed by atoms with Crippen molar-refractivity contribution in [3.05, 3.63) is 52.4 Å². The fourth-order valence-corrected chi connectivity index (χ4v) is 1.30. The van der Waals surface area contributed by atoms with E-state index in [2.05, 4.69) is 0 Å². The first-order chi connectivity index (χ1) is 6.70. The van der Waals surface area contributed by atoms with E-state index >= 15 is 0 Å². The molecule has 14 heavy (non-hydrogen) atoms. The van der Waals surface area contributed by atoms with Crippen LogP contribution in [0.15, 0.2) is 41.3 Å². The lowest BCUT2D eigenvalue weighted by atomic mass is 10.2. The first-order valence-corrected chi connectivity index (χ1v) is 4.02. The zero-order chi connectivity index (χ0) is 10.1. The highest BCUT2D eigenvalue weighted by Crippen LogP contribution is 2.00. The fraction of sp³-hybridized carbons (Fsp3) is 0.